The van der Waals surface area contributed by atoms with Crippen LogP contribution >= 0.6 is 0 Å². The van der Waals surface area contributed by atoms with Gasteiger partial charge in [-0.1, -0.05) is 23.3 Å². The minimum Gasteiger partial charge on any atom is -0.250 e. The van der Waals surface area contributed by atoms with E-state index in [-0.39, 0.29) is 0 Å². The quantitative estimate of drug-likeness (QED) is 0.677. The van der Waals surface area contributed by atoms with Crippen LogP contribution in [0, 0.1) is 35.8 Å². The van der Waals surface area contributed by atoms with E-state index in [1.54, 1.807) is 0 Å². The summed E-state index contributed by atoms with van der Waals surface area (Å²) in [5.74, 6) is 0. The molecule has 0 N–H and O–H groups in total. The molecule has 0 fully saturated rings. The van der Waals surface area contributed by atoms with Crippen LogP contribution in [0.1, 0.15) is 33.4 Å². The van der Waals surface area contributed by atoms with Gasteiger partial charge in [-0.3, -0.25) is 9.69 Å². The predicted molar refractivity (Wildman–Crippen MR) is 89.7 cm³/mol. The first-order chi connectivity index (χ1) is 11.7. The lowest BCUT2D eigenvalue weighted by atomic mass is 9.86. The Morgan fingerprint density at radius 3 is 1.29 bits per heavy atom. The zero-order valence-corrected chi connectivity index (χ0v) is 12.9. The van der Waals surface area contributed by atoms with Crippen molar-refractivity contribution in [3.63, 3.8) is 0 Å². The number of fused-ring (bicyclic) bond motifs is 2. The molecule has 1 aliphatic rings. The van der Waals surface area contributed by atoms with Crippen LogP contribution in [0.4, 0.5) is 11.4 Å². The Morgan fingerprint density at radius 1 is 0.667 bits per heavy atom. The molecular formula is C20H12N4. The van der Waals surface area contributed by atoms with Crippen LogP contribution in [0.5, 0.6) is 0 Å². The summed E-state index contributed by atoms with van der Waals surface area (Å²) in [6.45, 7) is 14.5. The fourth-order valence-corrected chi connectivity index (χ4v) is 3.19. The van der Waals surface area contributed by atoms with E-state index in [2.05, 4.69) is 21.8 Å². The highest BCUT2D eigenvalue weighted by Gasteiger charge is 2.16. The largest absolute Gasteiger partial charge is 0.250 e. The van der Waals surface area contributed by atoms with Gasteiger partial charge in [0.05, 0.1) is 24.3 Å². The van der Waals surface area contributed by atoms with Crippen molar-refractivity contribution in [3.05, 3.63) is 80.5 Å². The van der Waals surface area contributed by atoms with Crippen molar-refractivity contribution in [2.24, 2.45) is 0 Å². The lowest BCUT2D eigenvalue weighted by Crippen LogP contribution is -2.08. The summed E-state index contributed by atoms with van der Waals surface area (Å²) in [5.41, 5.74) is 6.03. The first kappa shape index (κ1) is 15.3. The highest BCUT2D eigenvalue weighted by molar-refractivity contribution is 5.73. The molecule has 0 aliphatic heterocycles. The normalized spacial score (nSPS) is 12.2. The molecule has 4 nitrogen and oxygen atoms in total. The third-order valence-corrected chi connectivity index (χ3v) is 4.45. The van der Waals surface area contributed by atoms with Gasteiger partial charge >= 0.3 is 0 Å². The van der Waals surface area contributed by atoms with Gasteiger partial charge in [0.1, 0.15) is 12.1 Å². The second kappa shape index (κ2) is 6.26. The van der Waals surface area contributed by atoms with Crippen LogP contribution in [0.25, 0.3) is 9.69 Å². The molecule has 4 heteroatoms. The summed E-state index contributed by atoms with van der Waals surface area (Å²) in [6.07, 6.45) is 3.05. The van der Waals surface area contributed by atoms with E-state index in [9.17, 15) is 10.5 Å². The fraction of sp³-hybridized carbons (Fsp3) is 0.200. The molecule has 0 amide bonds. The average Bonchev–Trinajstić information content (AvgIpc) is 2.62. The van der Waals surface area contributed by atoms with Gasteiger partial charge in [-0.25, -0.2) is 0 Å². The van der Waals surface area contributed by atoms with Crippen LogP contribution in [-0.4, -0.2) is 0 Å². The molecule has 2 aromatic rings. The van der Waals surface area contributed by atoms with Crippen molar-refractivity contribution in [2.45, 2.75) is 25.7 Å². The third-order valence-electron chi connectivity index (χ3n) is 4.45. The van der Waals surface area contributed by atoms with Gasteiger partial charge in [0.15, 0.2) is 11.4 Å². The maximum absolute atomic E-state index is 9.20. The van der Waals surface area contributed by atoms with E-state index < -0.39 is 0 Å². The summed E-state index contributed by atoms with van der Waals surface area (Å²) in [6, 6.07) is 11.5. The summed E-state index contributed by atoms with van der Waals surface area (Å²) >= 11 is 0. The molecule has 0 spiro atoms. The molecule has 0 unspecified atom stereocenters. The fourth-order valence-electron chi connectivity index (χ4n) is 3.19. The Balaban J connectivity index is 2.05. The van der Waals surface area contributed by atoms with E-state index in [0.29, 0.717) is 22.5 Å². The van der Waals surface area contributed by atoms with Gasteiger partial charge in [0.2, 0.25) is 0 Å². The molecule has 0 radical (unpaired) electrons. The highest BCUT2D eigenvalue weighted by atomic mass is 14.7. The molecule has 1 aliphatic carbocycles. The minimum absolute atomic E-state index is 0.405. The summed E-state index contributed by atoms with van der Waals surface area (Å²) in [4.78, 5) is 6.91. The number of benzene rings is 2. The van der Waals surface area contributed by atoms with Crippen LogP contribution in [0.15, 0.2) is 24.3 Å². The van der Waals surface area contributed by atoms with Crippen molar-refractivity contribution >= 4 is 11.4 Å². The topological polar surface area (TPSA) is 56.3 Å². The standard InChI is InChI=1S/C20H12N4/c1-23-19-9-15-5-3-13-7-17(11-21)18(12-22)8-14(13)4-6-16(15)10-20(19)24-2/h7-10H,3-6H2. The smallest absolute Gasteiger partial charge is 0.194 e. The van der Waals surface area contributed by atoms with E-state index in [1.807, 2.05) is 24.3 Å². The predicted octanol–water partition coefficient (Wildman–Crippen LogP) is 4.42. The van der Waals surface area contributed by atoms with Crippen molar-refractivity contribution in [1.82, 2.24) is 0 Å². The van der Waals surface area contributed by atoms with Gasteiger partial charge in [-0.15, -0.1) is 0 Å². The van der Waals surface area contributed by atoms with Crippen LogP contribution in [-0.2, 0) is 25.7 Å². The van der Waals surface area contributed by atoms with Gasteiger partial charge < -0.3 is 0 Å². The maximum atomic E-state index is 9.20. The lowest BCUT2D eigenvalue weighted by molar-refractivity contribution is 0.839. The van der Waals surface area contributed by atoms with E-state index in [0.717, 1.165) is 47.9 Å². The summed E-state index contributed by atoms with van der Waals surface area (Å²) in [5, 5.41) is 18.4. The number of hydrogen-bond acceptors (Lipinski definition) is 2. The zero-order chi connectivity index (χ0) is 17.1. The van der Waals surface area contributed by atoms with Crippen molar-refractivity contribution < 1.29 is 0 Å². The summed E-state index contributed by atoms with van der Waals surface area (Å²) < 4.78 is 0. The molecule has 0 bridgehead atoms. The molecule has 0 heterocycles. The van der Waals surface area contributed by atoms with Crippen LogP contribution in [0.3, 0.4) is 0 Å². The van der Waals surface area contributed by atoms with Crippen molar-refractivity contribution in [3.8, 4) is 12.1 Å². The van der Waals surface area contributed by atoms with Gasteiger partial charge in [-0.05, 0) is 48.9 Å². The SMILES string of the molecule is [C-]#[N+]c1cc2c(cc1[N+]#[C-])CCc1cc(C#N)c(C#N)cc1CC2. The zero-order valence-electron chi connectivity index (χ0n) is 12.9. The van der Waals surface area contributed by atoms with Crippen LogP contribution < -0.4 is 0 Å². The van der Waals surface area contributed by atoms with Gasteiger partial charge in [0.25, 0.3) is 0 Å². The van der Waals surface area contributed by atoms with E-state index >= 15 is 0 Å². The van der Waals surface area contributed by atoms with Crippen LogP contribution in [0.2, 0.25) is 0 Å². The maximum Gasteiger partial charge on any atom is 0.194 e. The highest BCUT2D eigenvalue weighted by Crippen LogP contribution is 2.34. The molecule has 2 aromatic carbocycles. The van der Waals surface area contributed by atoms with Crippen molar-refractivity contribution in [1.29, 1.82) is 10.5 Å². The number of rotatable bonds is 0. The molecule has 0 atom stereocenters. The molecule has 112 valence electrons. The van der Waals surface area contributed by atoms with Gasteiger partial charge in [0, 0.05) is 0 Å². The lowest BCUT2D eigenvalue weighted by Gasteiger charge is -2.18. The number of aryl methyl sites for hydroxylation is 4. The molecule has 0 aromatic heterocycles. The molecular weight excluding hydrogens is 296 g/mol. The van der Waals surface area contributed by atoms with Crippen molar-refractivity contribution in [2.75, 3.05) is 0 Å². The Hall–Kier alpha value is -3.60. The second-order valence-corrected chi connectivity index (χ2v) is 5.72. The number of nitriles is 2. The van der Waals surface area contributed by atoms with E-state index in [1.165, 1.54) is 0 Å². The number of hydrogen-bond donors (Lipinski definition) is 0. The van der Waals surface area contributed by atoms with Gasteiger partial charge in [-0.2, -0.15) is 10.5 Å². The third kappa shape index (κ3) is 2.59. The second-order valence-electron chi connectivity index (χ2n) is 5.72. The Bertz CT molecular complexity index is 839. The summed E-state index contributed by atoms with van der Waals surface area (Å²) in [7, 11) is 0. The number of nitrogens with zero attached hydrogens (tertiary/aromatic N) is 4. The molecule has 0 saturated heterocycles. The Morgan fingerprint density at radius 2 is 1.00 bits per heavy atom. The monoisotopic (exact) mass is 308 g/mol. The Kier molecular flexibility index (Phi) is 3.99. The van der Waals surface area contributed by atoms with E-state index in [4.69, 9.17) is 13.1 Å². The average molecular weight is 308 g/mol. The molecule has 24 heavy (non-hydrogen) atoms. The first-order valence-corrected chi connectivity index (χ1v) is 7.57. The molecule has 3 rings (SSSR count). The minimum atomic E-state index is 0.405. The first-order valence-electron chi connectivity index (χ1n) is 7.57. The Labute approximate surface area is 140 Å². The molecule has 0 saturated carbocycles.